The Balaban J connectivity index is 2.16. The Morgan fingerprint density at radius 1 is 1.29 bits per heavy atom. The second-order valence-corrected chi connectivity index (χ2v) is 6.98. The highest BCUT2D eigenvalue weighted by molar-refractivity contribution is 7.89. The number of sulfonamides is 1. The second-order valence-electron chi connectivity index (χ2n) is 4.94. The van der Waals surface area contributed by atoms with Gasteiger partial charge in [-0.3, -0.25) is 4.90 Å². The first-order valence-corrected chi connectivity index (χ1v) is 8.41. The summed E-state index contributed by atoms with van der Waals surface area (Å²) in [6, 6.07) is 6.32. The van der Waals surface area contributed by atoms with Crippen LogP contribution in [0.15, 0.2) is 29.2 Å². The van der Waals surface area contributed by atoms with Crippen LogP contribution in [0.4, 0.5) is 10.5 Å². The number of nitrogens with zero attached hydrogens (tertiary/aromatic N) is 2. The molecule has 0 aliphatic carbocycles. The molecule has 1 aliphatic rings. The van der Waals surface area contributed by atoms with Gasteiger partial charge in [-0.2, -0.15) is 0 Å². The average Bonchev–Trinajstić information content (AvgIpc) is 2.91. The fraction of sp³-hybridized carbons (Fsp3) is 0.500. The van der Waals surface area contributed by atoms with Gasteiger partial charge in [0.2, 0.25) is 10.0 Å². The number of carbonyl (C=O) groups excluding carboxylic acids is 1. The molecule has 0 N–H and O–H groups in total. The molecule has 2 rings (SSSR count). The molecule has 0 aromatic heterocycles. The van der Waals surface area contributed by atoms with Gasteiger partial charge in [0.15, 0.2) is 0 Å². The third kappa shape index (κ3) is 3.36. The van der Waals surface area contributed by atoms with Crippen LogP contribution in [0.5, 0.6) is 0 Å². The van der Waals surface area contributed by atoms with E-state index in [0.717, 1.165) is 12.8 Å². The van der Waals surface area contributed by atoms with E-state index in [0.29, 0.717) is 25.4 Å². The lowest BCUT2D eigenvalue weighted by Crippen LogP contribution is -2.28. The summed E-state index contributed by atoms with van der Waals surface area (Å²) in [7, 11) is -1.89. The van der Waals surface area contributed by atoms with Crippen molar-refractivity contribution in [3.63, 3.8) is 0 Å². The number of ether oxygens (including phenoxy) is 1. The molecule has 0 radical (unpaired) electrons. The summed E-state index contributed by atoms with van der Waals surface area (Å²) >= 11 is 0. The fourth-order valence-electron chi connectivity index (χ4n) is 2.11. The van der Waals surface area contributed by atoms with E-state index in [1.54, 1.807) is 19.2 Å². The highest BCUT2D eigenvalue weighted by Crippen LogP contribution is 2.22. The molecule has 7 heteroatoms. The highest BCUT2D eigenvalue weighted by Gasteiger charge is 2.25. The van der Waals surface area contributed by atoms with E-state index in [-0.39, 0.29) is 4.90 Å². The van der Waals surface area contributed by atoms with Gasteiger partial charge in [-0.1, -0.05) is 13.3 Å². The Hall–Kier alpha value is -1.60. The van der Waals surface area contributed by atoms with Crippen LogP contribution >= 0.6 is 0 Å². The van der Waals surface area contributed by atoms with Crippen LogP contribution in [0.2, 0.25) is 0 Å². The molecule has 116 valence electrons. The van der Waals surface area contributed by atoms with Crippen LogP contribution in [0.25, 0.3) is 0 Å². The van der Waals surface area contributed by atoms with Crippen LogP contribution in [0.3, 0.4) is 0 Å². The van der Waals surface area contributed by atoms with Crippen molar-refractivity contribution in [1.29, 1.82) is 0 Å². The Morgan fingerprint density at radius 3 is 2.48 bits per heavy atom. The highest BCUT2D eigenvalue weighted by atomic mass is 32.2. The maximum Gasteiger partial charge on any atom is 0.414 e. The zero-order valence-corrected chi connectivity index (χ0v) is 13.1. The number of unbranched alkanes of at least 4 members (excludes halogenated alkanes) is 1. The molecule has 1 heterocycles. The smallest absolute Gasteiger partial charge is 0.414 e. The number of amides is 1. The van der Waals surface area contributed by atoms with E-state index >= 15 is 0 Å². The van der Waals surface area contributed by atoms with Gasteiger partial charge in [-0.05, 0) is 30.7 Å². The first kappa shape index (κ1) is 15.8. The van der Waals surface area contributed by atoms with E-state index in [1.807, 2.05) is 6.92 Å². The van der Waals surface area contributed by atoms with Crippen molar-refractivity contribution in [2.75, 3.05) is 31.6 Å². The maximum atomic E-state index is 12.4. The Kier molecular flexibility index (Phi) is 4.84. The van der Waals surface area contributed by atoms with Gasteiger partial charge in [-0.25, -0.2) is 17.5 Å². The van der Waals surface area contributed by atoms with E-state index in [1.165, 1.54) is 21.3 Å². The zero-order valence-electron chi connectivity index (χ0n) is 12.3. The average molecular weight is 312 g/mol. The summed E-state index contributed by atoms with van der Waals surface area (Å²) in [4.78, 5) is 13.2. The molecule has 21 heavy (non-hydrogen) atoms. The van der Waals surface area contributed by atoms with Gasteiger partial charge in [-0.15, -0.1) is 0 Å². The summed E-state index contributed by atoms with van der Waals surface area (Å²) in [5, 5.41) is 0. The SMILES string of the molecule is CCCCN(C)S(=O)(=O)c1ccc(N2CCOC2=O)cc1. The van der Waals surface area contributed by atoms with Gasteiger partial charge in [0, 0.05) is 19.3 Å². The van der Waals surface area contributed by atoms with Gasteiger partial charge < -0.3 is 4.74 Å². The Morgan fingerprint density at radius 2 is 1.95 bits per heavy atom. The van der Waals surface area contributed by atoms with Crippen molar-refractivity contribution in [2.24, 2.45) is 0 Å². The molecule has 1 fully saturated rings. The lowest BCUT2D eigenvalue weighted by molar-refractivity contribution is 0.181. The predicted molar refractivity (Wildman–Crippen MR) is 79.9 cm³/mol. The lowest BCUT2D eigenvalue weighted by atomic mass is 10.3. The quantitative estimate of drug-likeness (QED) is 0.806. The first-order valence-electron chi connectivity index (χ1n) is 6.97. The van der Waals surface area contributed by atoms with Gasteiger partial charge in [0.1, 0.15) is 6.61 Å². The minimum Gasteiger partial charge on any atom is -0.447 e. The molecule has 0 spiro atoms. The normalized spacial score (nSPS) is 15.6. The summed E-state index contributed by atoms with van der Waals surface area (Å²) in [5.74, 6) is 0. The van der Waals surface area contributed by atoms with Gasteiger partial charge in [0.05, 0.1) is 11.4 Å². The molecule has 6 nitrogen and oxygen atoms in total. The Bertz CT molecular complexity index is 598. The molecule has 0 bridgehead atoms. The molecular formula is C14H20N2O4S. The van der Waals surface area contributed by atoms with Gasteiger partial charge in [0.25, 0.3) is 0 Å². The third-order valence-corrected chi connectivity index (χ3v) is 5.32. The Labute approximate surface area is 125 Å². The van der Waals surface area contributed by atoms with Crippen LogP contribution in [-0.4, -0.2) is 45.6 Å². The van der Waals surface area contributed by atoms with Crippen LogP contribution < -0.4 is 4.90 Å². The van der Waals surface area contributed by atoms with E-state index in [4.69, 9.17) is 4.74 Å². The number of rotatable bonds is 6. The maximum absolute atomic E-state index is 12.4. The number of carbonyl (C=O) groups is 1. The summed E-state index contributed by atoms with van der Waals surface area (Å²) in [6.07, 6.45) is 1.37. The first-order chi connectivity index (χ1) is 9.96. The summed E-state index contributed by atoms with van der Waals surface area (Å²) < 4.78 is 30.9. The summed E-state index contributed by atoms with van der Waals surface area (Å²) in [6.45, 7) is 3.36. The largest absolute Gasteiger partial charge is 0.447 e. The van der Waals surface area contributed by atoms with Crippen molar-refractivity contribution in [1.82, 2.24) is 4.31 Å². The monoisotopic (exact) mass is 312 g/mol. The van der Waals surface area contributed by atoms with Crippen LogP contribution in [0.1, 0.15) is 19.8 Å². The molecule has 0 unspecified atom stereocenters. The minimum atomic E-state index is -3.47. The van der Waals surface area contributed by atoms with Crippen molar-refractivity contribution in [2.45, 2.75) is 24.7 Å². The van der Waals surface area contributed by atoms with Crippen LogP contribution in [-0.2, 0) is 14.8 Å². The third-order valence-electron chi connectivity index (χ3n) is 3.44. The predicted octanol–water partition coefficient (Wildman–Crippen LogP) is 2.06. The second kappa shape index (κ2) is 6.44. The summed E-state index contributed by atoms with van der Waals surface area (Å²) in [5.41, 5.74) is 0.646. The van der Waals surface area contributed by atoms with Crippen LogP contribution in [0, 0.1) is 0 Å². The molecule has 1 amide bonds. The number of cyclic esters (lactones) is 1. The topological polar surface area (TPSA) is 66.9 Å². The molecule has 1 aromatic rings. The van der Waals surface area contributed by atoms with E-state index < -0.39 is 16.1 Å². The number of hydrogen-bond donors (Lipinski definition) is 0. The number of hydrogen-bond acceptors (Lipinski definition) is 4. The molecule has 0 saturated carbocycles. The minimum absolute atomic E-state index is 0.234. The lowest BCUT2D eigenvalue weighted by Gasteiger charge is -2.18. The van der Waals surface area contributed by atoms with E-state index in [2.05, 4.69) is 0 Å². The van der Waals surface area contributed by atoms with Crippen molar-refractivity contribution < 1.29 is 17.9 Å². The molecule has 1 aromatic carbocycles. The number of anilines is 1. The van der Waals surface area contributed by atoms with Crippen molar-refractivity contribution in [3.8, 4) is 0 Å². The molecular weight excluding hydrogens is 292 g/mol. The van der Waals surface area contributed by atoms with E-state index in [9.17, 15) is 13.2 Å². The fourth-order valence-corrected chi connectivity index (χ4v) is 3.32. The molecule has 1 saturated heterocycles. The van der Waals surface area contributed by atoms with Crippen molar-refractivity contribution in [3.05, 3.63) is 24.3 Å². The molecule has 1 aliphatic heterocycles. The molecule has 0 atom stereocenters. The van der Waals surface area contributed by atoms with Crippen molar-refractivity contribution >= 4 is 21.8 Å². The number of benzene rings is 1. The van der Waals surface area contributed by atoms with Gasteiger partial charge >= 0.3 is 6.09 Å². The zero-order chi connectivity index (χ0) is 15.5. The standard InChI is InChI=1S/C14H20N2O4S/c1-3-4-9-15(2)21(18,19)13-7-5-12(6-8-13)16-10-11-20-14(16)17/h5-8H,3-4,9-11H2,1-2H3.